The number of piperidine rings is 2. The topological polar surface area (TPSA) is 76.4 Å². The molecule has 8 nitrogen and oxygen atoms in total. The molecule has 4 heterocycles. The van der Waals surface area contributed by atoms with Crippen LogP contribution >= 0.6 is 0 Å². The molecule has 2 saturated heterocycles. The fourth-order valence-electron chi connectivity index (χ4n) is 5.22. The zero-order valence-corrected chi connectivity index (χ0v) is 19.3. The largest absolute Gasteiger partial charge is 0.465 e. The fourth-order valence-corrected chi connectivity index (χ4v) is 5.22. The molecule has 1 aromatic carbocycles. The van der Waals surface area contributed by atoms with Crippen molar-refractivity contribution in [3.05, 3.63) is 48.3 Å². The molecule has 0 bridgehead atoms. The minimum atomic E-state index is 0.140. The minimum absolute atomic E-state index is 0.140. The number of hydrogen-bond donors (Lipinski definition) is 0. The maximum Gasteiger partial charge on any atom is 0.297 e. The van der Waals surface area contributed by atoms with Gasteiger partial charge in [0.05, 0.1) is 23.8 Å². The molecule has 0 N–H and O–H groups in total. The highest BCUT2D eigenvalue weighted by Gasteiger charge is 2.32. The highest BCUT2D eigenvalue weighted by Crippen LogP contribution is 2.33. The molecule has 1 amide bonds. The van der Waals surface area contributed by atoms with Gasteiger partial charge in [-0.2, -0.15) is 15.2 Å². The average molecular weight is 449 g/mol. The van der Waals surface area contributed by atoms with Crippen molar-refractivity contribution in [1.29, 1.82) is 0 Å². The fraction of sp³-hybridized carbons (Fsp3) is 0.520. The van der Waals surface area contributed by atoms with Crippen LogP contribution in [0.4, 0.5) is 0 Å². The van der Waals surface area contributed by atoms with Crippen LogP contribution in [0, 0.1) is 5.92 Å². The van der Waals surface area contributed by atoms with Gasteiger partial charge in [0, 0.05) is 37.8 Å². The predicted molar refractivity (Wildman–Crippen MR) is 126 cm³/mol. The van der Waals surface area contributed by atoms with E-state index < -0.39 is 0 Å². The Bertz CT molecular complexity index is 1070. The predicted octanol–water partition coefficient (Wildman–Crippen LogP) is 3.30. The SMILES string of the molecule is CCOc1nc2ccccc2n1C1CCN(C(=O)C2CCN(Cc3ccnnc3)CC2)CC1. The Morgan fingerprint density at radius 2 is 1.82 bits per heavy atom. The van der Waals surface area contributed by atoms with Gasteiger partial charge < -0.3 is 9.64 Å². The standard InChI is InChI=1S/C25H32N6O2/c1-2-33-25-28-22-5-3-4-6-23(22)31(25)21-10-15-30(16-11-21)24(32)20-8-13-29(14-9-20)18-19-7-12-26-27-17-19/h3-7,12,17,20-21H,2,8-11,13-16,18H2,1H3. The summed E-state index contributed by atoms with van der Waals surface area (Å²) < 4.78 is 8.10. The molecule has 0 radical (unpaired) electrons. The number of carbonyl (C=O) groups is 1. The molecule has 33 heavy (non-hydrogen) atoms. The number of aromatic nitrogens is 4. The number of amides is 1. The van der Waals surface area contributed by atoms with Crippen molar-refractivity contribution in [2.24, 2.45) is 5.92 Å². The lowest BCUT2D eigenvalue weighted by Crippen LogP contribution is -2.45. The normalized spacial score (nSPS) is 18.6. The van der Waals surface area contributed by atoms with E-state index >= 15 is 0 Å². The summed E-state index contributed by atoms with van der Waals surface area (Å²) >= 11 is 0. The molecule has 0 atom stereocenters. The summed E-state index contributed by atoms with van der Waals surface area (Å²) in [6.07, 6.45) is 7.27. The third-order valence-electron chi connectivity index (χ3n) is 6.97. The molecule has 2 aromatic heterocycles. The van der Waals surface area contributed by atoms with Crippen molar-refractivity contribution in [2.75, 3.05) is 32.8 Å². The second-order valence-electron chi connectivity index (χ2n) is 9.04. The van der Waals surface area contributed by atoms with Crippen LogP contribution in [0.1, 0.15) is 44.2 Å². The molecule has 3 aromatic rings. The molecule has 174 valence electrons. The first-order chi connectivity index (χ1) is 16.2. The van der Waals surface area contributed by atoms with E-state index in [1.165, 1.54) is 5.56 Å². The quantitative estimate of drug-likeness (QED) is 0.576. The van der Waals surface area contributed by atoms with Gasteiger partial charge in [-0.05, 0) is 69.5 Å². The first-order valence-electron chi connectivity index (χ1n) is 12.1. The first kappa shape index (κ1) is 21.8. The number of carbonyl (C=O) groups excluding carboxylic acids is 1. The van der Waals surface area contributed by atoms with Gasteiger partial charge in [-0.1, -0.05) is 12.1 Å². The van der Waals surface area contributed by atoms with E-state index in [0.29, 0.717) is 24.6 Å². The van der Waals surface area contributed by atoms with E-state index in [4.69, 9.17) is 9.72 Å². The molecule has 2 fully saturated rings. The van der Waals surface area contributed by atoms with Crippen LogP contribution in [0.2, 0.25) is 0 Å². The van der Waals surface area contributed by atoms with Crippen LogP contribution in [0.25, 0.3) is 11.0 Å². The molecule has 0 unspecified atom stereocenters. The maximum atomic E-state index is 13.2. The summed E-state index contributed by atoms with van der Waals surface area (Å²) in [4.78, 5) is 22.4. The number of para-hydroxylation sites is 2. The van der Waals surface area contributed by atoms with Crippen LogP contribution in [-0.4, -0.2) is 68.2 Å². The second kappa shape index (κ2) is 9.87. The van der Waals surface area contributed by atoms with Gasteiger partial charge in [0.25, 0.3) is 6.01 Å². The number of fused-ring (bicyclic) bond motifs is 1. The third-order valence-corrected chi connectivity index (χ3v) is 6.97. The zero-order valence-electron chi connectivity index (χ0n) is 19.3. The Hall–Kier alpha value is -3.00. The van der Waals surface area contributed by atoms with Crippen LogP contribution < -0.4 is 4.74 Å². The molecular weight excluding hydrogens is 416 g/mol. The number of imidazole rings is 1. The van der Waals surface area contributed by atoms with Crippen molar-refractivity contribution in [1.82, 2.24) is 29.5 Å². The summed E-state index contributed by atoms with van der Waals surface area (Å²) in [6.45, 7) is 6.96. The number of nitrogens with zero attached hydrogens (tertiary/aromatic N) is 6. The Balaban J connectivity index is 1.17. The number of rotatable bonds is 6. The zero-order chi connectivity index (χ0) is 22.6. The van der Waals surface area contributed by atoms with Gasteiger partial charge in [-0.15, -0.1) is 0 Å². The average Bonchev–Trinajstić information content (AvgIpc) is 3.23. The summed E-state index contributed by atoms with van der Waals surface area (Å²) in [5.74, 6) is 0.473. The summed E-state index contributed by atoms with van der Waals surface area (Å²) in [5.41, 5.74) is 3.26. The first-order valence-corrected chi connectivity index (χ1v) is 12.1. The summed E-state index contributed by atoms with van der Waals surface area (Å²) in [6, 6.07) is 11.2. The van der Waals surface area contributed by atoms with Gasteiger partial charge in [-0.25, -0.2) is 0 Å². The van der Waals surface area contributed by atoms with Gasteiger partial charge in [0.15, 0.2) is 0 Å². The van der Waals surface area contributed by atoms with Gasteiger partial charge in [0.2, 0.25) is 5.91 Å². The highest BCUT2D eigenvalue weighted by molar-refractivity contribution is 5.79. The smallest absolute Gasteiger partial charge is 0.297 e. The Labute approximate surface area is 194 Å². The second-order valence-corrected chi connectivity index (χ2v) is 9.04. The van der Waals surface area contributed by atoms with E-state index in [1.807, 2.05) is 37.4 Å². The molecule has 0 saturated carbocycles. The van der Waals surface area contributed by atoms with Gasteiger partial charge in [0.1, 0.15) is 0 Å². The van der Waals surface area contributed by atoms with E-state index in [9.17, 15) is 4.79 Å². The maximum absolute atomic E-state index is 13.2. The van der Waals surface area contributed by atoms with Crippen molar-refractivity contribution in [3.63, 3.8) is 0 Å². The Kier molecular flexibility index (Phi) is 6.53. The monoisotopic (exact) mass is 448 g/mol. The van der Waals surface area contributed by atoms with Gasteiger partial charge >= 0.3 is 0 Å². The van der Waals surface area contributed by atoms with Crippen LogP contribution in [0.5, 0.6) is 6.01 Å². The summed E-state index contributed by atoms with van der Waals surface area (Å²) in [5, 5.41) is 7.81. The molecule has 2 aliphatic heterocycles. The molecule has 0 aliphatic carbocycles. The lowest BCUT2D eigenvalue weighted by molar-refractivity contribution is -0.138. The van der Waals surface area contributed by atoms with E-state index in [2.05, 4.69) is 30.6 Å². The molecular formula is C25H32N6O2. The molecule has 8 heteroatoms. The number of hydrogen-bond acceptors (Lipinski definition) is 6. The molecule has 2 aliphatic rings. The number of benzene rings is 1. The number of likely N-dealkylation sites (tertiary alicyclic amines) is 2. The van der Waals surface area contributed by atoms with Crippen molar-refractivity contribution < 1.29 is 9.53 Å². The molecule has 5 rings (SSSR count). The third kappa shape index (κ3) is 4.71. The van der Waals surface area contributed by atoms with Crippen LogP contribution in [-0.2, 0) is 11.3 Å². The van der Waals surface area contributed by atoms with Crippen molar-refractivity contribution >= 4 is 16.9 Å². The van der Waals surface area contributed by atoms with Crippen LogP contribution in [0.3, 0.4) is 0 Å². The Morgan fingerprint density at radius 3 is 2.55 bits per heavy atom. The van der Waals surface area contributed by atoms with Crippen molar-refractivity contribution in [3.8, 4) is 6.01 Å². The molecule has 0 spiro atoms. The number of ether oxygens (including phenoxy) is 1. The minimum Gasteiger partial charge on any atom is -0.465 e. The Morgan fingerprint density at radius 1 is 1.03 bits per heavy atom. The summed E-state index contributed by atoms with van der Waals surface area (Å²) in [7, 11) is 0. The van der Waals surface area contributed by atoms with E-state index in [0.717, 1.165) is 69.4 Å². The lowest BCUT2D eigenvalue weighted by atomic mass is 9.93. The van der Waals surface area contributed by atoms with Gasteiger partial charge in [-0.3, -0.25) is 14.3 Å². The van der Waals surface area contributed by atoms with Crippen molar-refractivity contribution in [2.45, 2.75) is 45.2 Å². The van der Waals surface area contributed by atoms with E-state index in [-0.39, 0.29) is 5.92 Å². The highest BCUT2D eigenvalue weighted by atomic mass is 16.5. The lowest BCUT2D eigenvalue weighted by Gasteiger charge is -2.37. The van der Waals surface area contributed by atoms with Crippen LogP contribution in [0.15, 0.2) is 42.7 Å². The van der Waals surface area contributed by atoms with E-state index in [1.54, 1.807) is 6.20 Å².